The van der Waals surface area contributed by atoms with E-state index in [9.17, 15) is 13.6 Å². The van der Waals surface area contributed by atoms with Gasteiger partial charge in [-0.2, -0.15) is 13.9 Å². The molecule has 0 unspecified atom stereocenters. The van der Waals surface area contributed by atoms with Gasteiger partial charge < -0.3 is 14.8 Å². The monoisotopic (exact) mass is 349 g/mol. The third kappa shape index (κ3) is 6.46. The number of hydrogen-bond donors (Lipinski definition) is 2. The van der Waals surface area contributed by atoms with Crippen LogP contribution in [-0.4, -0.2) is 32.4 Å². The Hall–Kier alpha value is -3.16. The van der Waals surface area contributed by atoms with Crippen LogP contribution in [0.1, 0.15) is 5.56 Å². The maximum Gasteiger partial charge on any atom is 0.387 e. The standard InChI is InChI=1S/C17H17F2N3O3/c1-24-15-4-2-3-13(9-15)20-11-16(23)22-21-10-12-5-7-14(8-6-12)25-17(18)19/h2-10,17,20H,11H2,1H3,(H,22,23)/b21-10-. The van der Waals surface area contributed by atoms with Gasteiger partial charge in [-0.25, -0.2) is 5.43 Å². The molecule has 2 aromatic rings. The van der Waals surface area contributed by atoms with Crippen molar-refractivity contribution in [3.05, 3.63) is 54.1 Å². The molecule has 1 amide bonds. The van der Waals surface area contributed by atoms with Crippen LogP contribution < -0.4 is 20.2 Å². The lowest BCUT2D eigenvalue weighted by molar-refractivity contribution is -0.119. The number of nitrogens with one attached hydrogen (secondary N) is 2. The van der Waals surface area contributed by atoms with Crippen molar-refractivity contribution >= 4 is 17.8 Å². The van der Waals surface area contributed by atoms with Gasteiger partial charge in [-0.05, 0) is 42.0 Å². The molecule has 0 saturated carbocycles. The Kier molecular flexibility index (Phi) is 6.70. The fraction of sp³-hybridized carbons (Fsp3) is 0.176. The van der Waals surface area contributed by atoms with Gasteiger partial charge in [0, 0.05) is 11.8 Å². The largest absolute Gasteiger partial charge is 0.497 e. The summed E-state index contributed by atoms with van der Waals surface area (Å²) >= 11 is 0. The van der Waals surface area contributed by atoms with Gasteiger partial charge in [-0.15, -0.1) is 0 Å². The fourth-order valence-corrected chi connectivity index (χ4v) is 1.87. The third-order valence-electron chi connectivity index (χ3n) is 3.03. The lowest BCUT2D eigenvalue weighted by Gasteiger charge is -2.07. The Bertz CT molecular complexity index is 721. The molecule has 25 heavy (non-hydrogen) atoms. The molecule has 2 rings (SSSR count). The van der Waals surface area contributed by atoms with E-state index >= 15 is 0 Å². The maximum absolute atomic E-state index is 12.0. The highest BCUT2D eigenvalue weighted by atomic mass is 19.3. The van der Waals surface area contributed by atoms with E-state index in [-0.39, 0.29) is 18.2 Å². The minimum absolute atomic E-state index is 0.0334. The number of ether oxygens (including phenoxy) is 2. The first-order valence-corrected chi connectivity index (χ1v) is 7.31. The first-order chi connectivity index (χ1) is 12.1. The Labute approximate surface area is 143 Å². The molecule has 0 aromatic heterocycles. The van der Waals surface area contributed by atoms with Crippen LogP contribution in [0.4, 0.5) is 14.5 Å². The van der Waals surface area contributed by atoms with E-state index in [4.69, 9.17) is 4.74 Å². The summed E-state index contributed by atoms with van der Waals surface area (Å²) in [4.78, 5) is 11.7. The first kappa shape index (κ1) is 18.2. The maximum atomic E-state index is 12.0. The Morgan fingerprint density at radius 2 is 1.96 bits per heavy atom. The molecule has 0 heterocycles. The van der Waals surface area contributed by atoms with Crippen molar-refractivity contribution in [2.75, 3.05) is 19.0 Å². The number of carbonyl (C=O) groups excluding carboxylic acids is 1. The number of hydrazone groups is 1. The van der Waals surface area contributed by atoms with Crippen LogP contribution in [0.5, 0.6) is 11.5 Å². The van der Waals surface area contributed by atoms with Gasteiger partial charge >= 0.3 is 6.61 Å². The predicted molar refractivity (Wildman–Crippen MR) is 90.3 cm³/mol. The minimum Gasteiger partial charge on any atom is -0.497 e. The zero-order valence-corrected chi connectivity index (χ0v) is 13.4. The summed E-state index contributed by atoms with van der Waals surface area (Å²) in [7, 11) is 1.56. The van der Waals surface area contributed by atoms with Crippen molar-refractivity contribution in [1.82, 2.24) is 5.43 Å². The molecule has 0 aliphatic heterocycles. The summed E-state index contributed by atoms with van der Waals surface area (Å²) in [6, 6.07) is 13.0. The lowest BCUT2D eigenvalue weighted by atomic mass is 10.2. The summed E-state index contributed by atoms with van der Waals surface area (Å²) < 4.78 is 33.4. The van der Waals surface area contributed by atoms with E-state index in [0.717, 1.165) is 5.69 Å². The summed E-state index contributed by atoms with van der Waals surface area (Å²) in [6.45, 7) is -2.83. The quantitative estimate of drug-likeness (QED) is 0.568. The number of anilines is 1. The van der Waals surface area contributed by atoms with Crippen molar-refractivity contribution in [2.24, 2.45) is 5.10 Å². The number of amides is 1. The number of carbonyl (C=O) groups is 1. The van der Waals surface area contributed by atoms with Gasteiger partial charge in [0.15, 0.2) is 0 Å². The average molecular weight is 349 g/mol. The molecule has 6 nitrogen and oxygen atoms in total. The molecule has 0 radical (unpaired) electrons. The van der Waals surface area contributed by atoms with Crippen LogP contribution in [0.15, 0.2) is 53.6 Å². The molecule has 132 valence electrons. The molecule has 0 spiro atoms. The summed E-state index contributed by atoms with van der Waals surface area (Å²) in [5.41, 5.74) is 3.73. The van der Waals surface area contributed by atoms with Gasteiger partial charge in [0.1, 0.15) is 11.5 Å². The first-order valence-electron chi connectivity index (χ1n) is 7.31. The summed E-state index contributed by atoms with van der Waals surface area (Å²) in [6.07, 6.45) is 1.40. The second-order valence-corrected chi connectivity index (χ2v) is 4.83. The number of hydrogen-bond acceptors (Lipinski definition) is 5. The molecular formula is C17H17F2N3O3. The van der Waals surface area contributed by atoms with Crippen LogP contribution >= 0.6 is 0 Å². The fourth-order valence-electron chi connectivity index (χ4n) is 1.87. The third-order valence-corrected chi connectivity index (χ3v) is 3.03. The number of benzene rings is 2. The highest BCUT2D eigenvalue weighted by molar-refractivity contribution is 5.84. The normalized spacial score (nSPS) is 10.7. The number of halogens is 2. The van der Waals surface area contributed by atoms with E-state index < -0.39 is 6.61 Å². The molecule has 0 aliphatic carbocycles. The van der Waals surface area contributed by atoms with Crippen LogP contribution in [0, 0.1) is 0 Å². The van der Waals surface area contributed by atoms with Crippen LogP contribution in [-0.2, 0) is 4.79 Å². The molecule has 0 atom stereocenters. The Morgan fingerprint density at radius 1 is 1.20 bits per heavy atom. The van der Waals surface area contributed by atoms with Gasteiger partial charge in [0.05, 0.1) is 19.9 Å². The molecular weight excluding hydrogens is 332 g/mol. The topological polar surface area (TPSA) is 72.0 Å². The van der Waals surface area contributed by atoms with Gasteiger partial charge in [-0.3, -0.25) is 4.79 Å². The number of nitrogens with zero attached hydrogens (tertiary/aromatic N) is 1. The molecule has 8 heteroatoms. The molecule has 0 aliphatic rings. The number of alkyl halides is 2. The van der Waals surface area contributed by atoms with Crippen molar-refractivity contribution in [2.45, 2.75) is 6.61 Å². The summed E-state index contributed by atoms with van der Waals surface area (Å²) in [5.74, 6) is 0.401. The highest BCUT2D eigenvalue weighted by Crippen LogP contribution is 2.16. The molecule has 0 bridgehead atoms. The average Bonchev–Trinajstić information content (AvgIpc) is 2.61. The zero-order valence-electron chi connectivity index (χ0n) is 13.4. The second-order valence-electron chi connectivity index (χ2n) is 4.83. The summed E-state index contributed by atoms with van der Waals surface area (Å²) in [5, 5.41) is 6.74. The number of methoxy groups -OCH3 is 1. The highest BCUT2D eigenvalue weighted by Gasteiger charge is 2.03. The van der Waals surface area contributed by atoms with Crippen molar-refractivity contribution in [1.29, 1.82) is 0 Å². The van der Waals surface area contributed by atoms with E-state index in [1.165, 1.54) is 18.3 Å². The minimum atomic E-state index is -2.86. The molecule has 2 N–H and O–H groups in total. The van der Waals surface area contributed by atoms with Crippen LogP contribution in [0.3, 0.4) is 0 Å². The SMILES string of the molecule is COc1cccc(NCC(=O)N/N=C\c2ccc(OC(F)F)cc2)c1. The van der Waals surface area contributed by atoms with Gasteiger partial charge in [0.2, 0.25) is 0 Å². The van der Waals surface area contributed by atoms with Gasteiger partial charge in [-0.1, -0.05) is 6.07 Å². The van der Waals surface area contributed by atoms with Crippen LogP contribution in [0.25, 0.3) is 0 Å². The Morgan fingerprint density at radius 3 is 2.64 bits per heavy atom. The zero-order chi connectivity index (χ0) is 18.1. The van der Waals surface area contributed by atoms with Crippen LogP contribution in [0.2, 0.25) is 0 Å². The van der Waals surface area contributed by atoms with Crippen molar-refractivity contribution in [3.8, 4) is 11.5 Å². The van der Waals surface area contributed by atoms with E-state index in [1.54, 1.807) is 37.4 Å². The van der Waals surface area contributed by atoms with E-state index in [1.807, 2.05) is 6.07 Å². The van der Waals surface area contributed by atoms with E-state index in [2.05, 4.69) is 20.6 Å². The molecule has 0 fully saturated rings. The predicted octanol–water partition coefficient (Wildman–Crippen LogP) is 2.86. The molecule has 2 aromatic carbocycles. The Balaban J connectivity index is 1.78. The van der Waals surface area contributed by atoms with Gasteiger partial charge in [0.25, 0.3) is 5.91 Å². The lowest BCUT2D eigenvalue weighted by Crippen LogP contribution is -2.25. The second kappa shape index (κ2) is 9.21. The number of rotatable bonds is 8. The van der Waals surface area contributed by atoms with Crippen molar-refractivity contribution in [3.63, 3.8) is 0 Å². The molecule has 0 saturated heterocycles. The van der Waals surface area contributed by atoms with E-state index in [0.29, 0.717) is 11.3 Å². The van der Waals surface area contributed by atoms with Crippen molar-refractivity contribution < 1.29 is 23.0 Å². The smallest absolute Gasteiger partial charge is 0.387 e.